The molecule has 12 heteroatoms. The zero-order valence-corrected chi connectivity index (χ0v) is 16.3. The number of nitrogens with two attached hydrogens (primary N) is 1. The molecule has 0 fully saturated rings. The Kier molecular flexibility index (Phi) is 6.14. The predicted molar refractivity (Wildman–Crippen MR) is 103 cm³/mol. The first-order valence-electron chi connectivity index (χ1n) is 8.87. The van der Waals surface area contributed by atoms with E-state index in [1.807, 2.05) is 45.3 Å². The summed E-state index contributed by atoms with van der Waals surface area (Å²) in [7, 11) is 3.85. The zero-order chi connectivity index (χ0) is 20.8. The topological polar surface area (TPSA) is 151 Å². The number of nitrogens with one attached hydrogen (secondary N) is 2. The number of hydrazone groups is 1. The van der Waals surface area contributed by atoms with E-state index in [-0.39, 0.29) is 17.3 Å². The van der Waals surface area contributed by atoms with Gasteiger partial charge in [0.15, 0.2) is 5.69 Å². The second kappa shape index (κ2) is 8.93. The predicted octanol–water partition coefficient (Wildman–Crippen LogP) is -0.960. The number of rotatable bonds is 8. The average Bonchev–Trinajstić information content (AvgIpc) is 3.28. The van der Waals surface area contributed by atoms with Crippen molar-refractivity contribution in [1.29, 1.82) is 0 Å². The smallest absolute Gasteiger partial charge is 0.294 e. The van der Waals surface area contributed by atoms with Gasteiger partial charge in [0.05, 0.1) is 26.9 Å². The minimum absolute atomic E-state index is 0.0467. The maximum Gasteiger partial charge on any atom is 0.294 e. The van der Waals surface area contributed by atoms with E-state index in [9.17, 15) is 4.79 Å². The molecule has 0 saturated heterocycles. The molecule has 3 aromatic rings. The first-order valence-corrected chi connectivity index (χ1v) is 8.87. The molecule has 0 atom stereocenters. The molecule has 29 heavy (non-hydrogen) atoms. The molecule has 1 amide bonds. The van der Waals surface area contributed by atoms with Gasteiger partial charge in [0.1, 0.15) is 18.0 Å². The first kappa shape index (κ1) is 19.9. The van der Waals surface area contributed by atoms with Crippen molar-refractivity contribution in [2.24, 2.45) is 5.10 Å². The number of anilines is 1. The highest BCUT2D eigenvalue weighted by Gasteiger charge is 2.25. The molecule has 0 spiro atoms. The van der Waals surface area contributed by atoms with Crippen molar-refractivity contribution >= 4 is 17.9 Å². The van der Waals surface area contributed by atoms with Crippen LogP contribution in [0.4, 0.5) is 5.82 Å². The highest BCUT2D eigenvalue weighted by Crippen LogP contribution is 2.15. The lowest BCUT2D eigenvalue weighted by Crippen LogP contribution is -3.04. The first-order chi connectivity index (χ1) is 14.0. The maximum absolute atomic E-state index is 12.6. The van der Waals surface area contributed by atoms with Crippen molar-refractivity contribution in [3.63, 3.8) is 0 Å². The van der Waals surface area contributed by atoms with E-state index in [4.69, 9.17) is 10.5 Å². The molecule has 2 heterocycles. The number of aromatic nitrogens is 5. The Morgan fingerprint density at radius 1 is 1.34 bits per heavy atom. The van der Waals surface area contributed by atoms with Crippen LogP contribution in [0.15, 0.2) is 34.0 Å². The van der Waals surface area contributed by atoms with Gasteiger partial charge in [-0.05, 0) is 47.1 Å². The number of ether oxygens (including phenoxy) is 1. The van der Waals surface area contributed by atoms with Gasteiger partial charge in [0.2, 0.25) is 11.6 Å². The summed E-state index contributed by atoms with van der Waals surface area (Å²) in [4.78, 5) is 13.6. The highest BCUT2D eigenvalue weighted by molar-refractivity contribution is 5.94. The standard InChI is InChI=1S/C17H21N9O3/c1-4-28-12-7-5-11(6-8-12)9-19-21-17(27)14-13(10-25(2)3)26(24-20-14)16-15(18)22-29-23-16/h5-9H,4,10H2,1-3H3,(H2,18,22)(H,21,27)/p+1/b19-9-. The van der Waals surface area contributed by atoms with Crippen LogP contribution in [-0.2, 0) is 6.54 Å². The molecule has 0 unspecified atom stereocenters. The van der Waals surface area contributed by atoms with E-state index in [1.54, 1.807) is 0 Å². The van der Waals surface area contributed by atoms with Crippen LogP contribution in [-0.4, -0.2) is 58.1 Å². The summed E-state index contributed by atoms with van der Waals surface area (Å²) < 4.78 is 11.3. The number of benzene rings is 1. The van der Waals surface area contributed by atoms with E-state index in [0.29, 0.717) is 18.8 Å². The second-order valence-corrected chi connectivity index (χ2v) is 6.35. The number of quaternary nitrogens is 1. The van der Waals surface area contributed by atoms with Crippen molar-refractivity contribution in [2.75, 3.05) is 26.4 Å². The molecule has 0 bridgehead atoms. The highest BCUT2D eigenvalue weighted by atomic mass is 16.6. The lowest BCUT2D eigenvalue weighted by Gasteiger charge is -2.08. The summed E-state index contributed by atoms with van der Waals surface area (Å²) in [5.41, 5.74) is 9.61. The SMILES string of the molecule is CCOc1ccc(/C=N\NC(=O)c2nnn(-c3nonc3N)c2C[NH+](C)C)cc1. The molecule has 0 aliphatic heterocycles. The van der Waals surface area contributed by atoms with Gasteiger partial charge in [-0.1, -0.05) is 5.21 Å². The van der Waals surface area contributed by atoms with Crippen molar-refractivity contribution in [2.45, 2.75) is 13.5 Å². The summed E-state index contributed by atoms with van der Waals surface area (Å²) in [5, 5.41) is 19.2. The van der Waals surface area contributed by atoms with Gasteiger partial charge >= 0.3 is 0 Å². The summed E-state index contributed by atoms with van der Waals surface area (Å²) in [6.07, 6.45) is 1.52. The van der Waals surface area contributed by atoms with Gasteiger partial charge in [-0.2, -0.15) is 9.78 Å². The maximum atomic E-state index is 12.6. The van der Waals surface area contributed by atoms with E-state index in [2.05, 4.69) is 35.8 Å². The number of nitrogens with zero attached hydrogens (tertiary/aromatic N) is 6. The number of hydrogen-bond donors (Lipinski definition) is 3. The van der Waals surface area contributed by atoms with Crippen LogP contribution in [0.1, 0.15) is 28.7 Å². The monoisotopic (exact) mass is 400 g/mol. The molecule has 12 nitrogen and oxygen atoms in total. The normalized spacial score (nSPS) is 11.3. The molecule has 2 aromatic heterocycles. The Morgan fingerprint density at radius 2 is 2.10 bits per heavy atom. The van der Waals surface area contributed by atoms with Crippen molar-refractivity contribution in [3.8, 4) is 11.6 Å². The Bertz CT molecular complexity index is 992. The van der Waals surface area contributed by atoms with Crippen LogP contribution in [0.3, 0.4) is 0 Å². The van der Waals surface area contributed by atoms with Gasteiger partial charge in [-0.3, -0.25) is 4.79 Å². The lowest BCUT2D eigenvalue weighted by molar-refractivity contribution is -0.873. The van der Waals surface area contributed by atoms with Gasteiger partial charge in [-0.15, -0.1) is 5.10 Å². The molecule has 0 aliphatic rings. The van der Waals surface area contributed by atoms with Gasteiger partial charge < -0.3 is 15.4 Å². The number of carbonyl (C=O) groups is 1. The van der Waals surface area contributed by atoms with Crippen LogP contribution in [0.5, 0.6) is 5.75 Å². The summed E-state index contributed by atoms with van der Waals surface area (Å²) in [5.74, 6) is 0.475. The van der Waals surface area contributed by atoms with Crippen LogP contribution in [0, 0.1) is 0 Å². The molecule has 0 aliphatic carbocycles. The number of hydrogen-bond acceptors (Lipinski definition) is 9. The van der Waals surface area contributed by atoms with Crippen molar-refractivity contribution in [1.82, 2.24) is 30.7 Å². The molecular formula is C17H22N9O3+. The third-order valence-electron chi connectivity index (χ3n) is 3.77. The molecule has 0 saturated carbocycles. The van der Waals surface area contributed by atoms with E-state index < -0.39 is 5.91 Å². The molecule has 4 N–H and O–H groups in total. The van der Waals surface area contributed by atoms with Crippen LogP contribution in [0.2, 0.25) is 0 Å². The zero-order valence-electron chi connectivity index (χ0n) is 16.3. The van der Waals surface area contributed by atoms with Gasteiger partial charge in [-0.25, -0.2) is 10.1 Å². The van der Waals surface area contributed by atoms with Crippen molar-refractivity contribution in [3.05, 3.63) is 41.2 Å². The van der Waals surface area contributed by atoms with Gasteiger partial charge in [0, 0.05) is 0 Å². The fourth-order valence-corrected chi connectivity index (χ4v) is 2.51. The largest absolute Gasteiger partial charge is 0.494 e. The van der Waals surface area contributed by atoms with Gasteiger partial charge in [0.25, 0.3) is 5.91 Å². The Labute approximate surface area is 166 Å². The van der Waals surface area contributed by atoms with E-state index in [0.717, 1.165) is 16.2 Å². The second-order valence-electron chi connectivity index (χ2n) is 6.35. The number of nitrogen functional groups attached to an aromatic ring is 1. The van der Waals surface area contributed by atoms with E-state index in [1.165, 1.54) is 10.9 Å². The van der Waals surface area contributed by atoms with Crippen LogP contribution >= 0.6 is 0 Å². The minimum Gasteiger partial charge on any atom is -0.494 e. The van der Waals surface area contributed by atoms with Crippen LogP contribution in [0.25, 0.3) is 5.82 Å². The number of carbonyl (C=O) groups excluding carboxylic acids is 1. The molecular weight excluding hydrogens is 378 g/mol. The molecule has 1 aromatic carbocycles. The minimum atomic E-state index is -0.510. The molecule has 152 valence electrons. The third kappa shape index (κ3) is 4.73. The van der Waals surface area contributed by atoms with E-state index >= 15 is 0 Å². The third-order valence-corrected chi connectivity index (χ3v) is 3.77. The Balaban J connectivity index is 1.76. The Hall–Kier alpha value is -3.80. The summed E-state index contributed by atoms with van der Waals surface area (Å²) in [6.45, 7) is 2.95. The summed E-state index contributed by atoms with van der Waals surface area (Å²) in [6, 6.07) is 7.31. The van der Waals surface area contributed by atoms with Crippen LogP contribution < -0.4 is 20.8 Å². The van der Waals surface area contributed by atoms with Crippen molar-refractivity contribution < 1.29 is 19.1 Å². The quantitative estimate of drug-likeness (QED) is 0.323. The molecule has 0 radical (unpaired) electrons. The fraction of sp³-hybridized carbons (Fsp3) is 0.294. The fourth-order valence-electron chi connectivity index (χ4n) is 2.51. The summed E-state index contributed by atoms with van der Waals surface area (Å²) >= 11 is 0. The number of amides is 1. The average molecular weight is 400 g/mol. The molecule has 3 rings (SSSR count). The lowest BCUT2D eigenvalue weighted by atomic mass is 10.2. The Morgan fingerprint density at radius 3 is 2.72 bits per heavy atom.